The highest BCUT2D eigenvalue weighted by Gasteiger charge is 2.24. The van der Waals surface area contributed by atoms with E-state index in [1.54, 1.807) is 48.5 Å². The van der Waals surface area contributed by atoms with Crippen LogP contribution >= 0.6 is 0 Å². The van der Waals surface area contributed by atoms with E-state index in [0.717, 1.165) is 4.57 Å². The molecule has 0 aliphatic carbocycles. The molecule has 0 atom stereocenters. The lowest BCUT2D eigenvalue weighted by molar-refractivity contribution is 0.661. The Bertz CT molecular complexity index is 2050. The smallest absolute Gasteiger partial charge is 0.266 e. The summed E-state index contributed by atoms with van der Waals surface area (Å²) in [6.07, 6.45) is 0. The molecule has 0 saturated heterocycles. The molecule has 2 heterocycles. The van der Waals surface area contributed by atoms with Crippen LogP contribution in [-0.4, -0.2) is 4.57 Å². The van der Waals surface area contributed by atoms with Crippen molar-refractivity contribution in [3.05, 3.63) is 98.1 Å². The lowest BCUT2D eigenvalue weighted by Gasteiger charge is -2.16. The third-order valence-electron chi connectivity index (χ3n) is 6.07. The zero-order chi connectivity index (χ0) is 23.6. The van der Waals surface area contributed by atoms with Crippen LogP contribution in [0.1, 0.15) is 16.7 Å². The average molecular weight is 438 g/mol. The third kappa shape index (κ3) is 2.37. The van der Waals surface area contributed by atoms with E-state index in [0.29, 0.717) is 38.4 Å². The van der Waals surface area contributed by atoms with Gasteiger partial charge in [0.1, 0.15) is 11.7 Å². The Labute approximate surface area is 190 Å². The van der Waals surface area contributed by atoms with Crippen molar-refractivity contribution in [3.63, 3.8) is 0 Å². The van der Waals surface area contributed by atoms with Crippen LogP contribution in [-0.2, 0) is 0 Å². The van der Waals surface area contributed by atoms with E-state index < -0.39 is 11.1 Å². The zero-order valence-electron chi connectivity index (χ0n) is 17.3. The van der Waals surface area contributed by atoms with Gasteiger partial charge in [-0.15, -0.1) is 0 Å². The number of fused-ring (bicyclic) bond motifs is 2. The van der Waals surface area contributed by atoms with Crippen molar-refractivity contribution in [1.29, 1.82) is 15.8 Å². The maximum atomic E-state index is 13.6. The highest BCUT2D eigenvalue weighted by Crippen LogP contribution is 2.40. The molecule has 0 amide bonds. The number of hydrogen-bond donors (Lipinski definition) is 0. The minimum absolute atomic E-state index is 0.107. The third-order valence-corrected chi connectivity index (χ3v) is 6.07. The first-order chi connectivity index (χ1) is 16.6. The summed E-state index contributed by atoms with van der Waals surface area (Å²) in [6.45, 7) is 0. The topological polar surface area (TPSA) is 124 Å². The Morgan fingerprint density at radius 3 is 2.00 bits per heavy atom. The molecule has 2 aromatic heterocycles. The summed E-state index contributed by atoms with van der Waals surface area (Å²) in [7, 11) is 0. The van der Waals surface area contributed by atoms with E-state index in [9.17, 15) is 25.4 Å². The summed E-state index contributed by atoms with van der Waals surface area (Å²) in [5.41, 5.74) is 0.447. The van der Waals surface area contributed by atoms with Gasteiger partial charge in [-0.1, -0.05) is 18.2 Å². The van der Waals surface area contributed by atoms with Crippen molar-refractivity contribution in [1.82, 2.24) is 4.57 Å². The minimum Gasteiger partial charge on any atom is -0.455 e. The van der Waals surface area contributed by atoms with Gasteiger partial charge in [-0.3, -0.25) is 9.59 Å². The standard InChI is InChI=1S/C27H10N4O3/c28-11-14-6-7-21-18(8-14)22-15(12-29)9-19-23-20(10-16(13-30)25(34-21)24(22)23)27(33)31(26(19)32)17-4-2-1-3-5-17/h1-10H. The largest absolute Gasteiger partial charge is 0.455 e. The lowest BCUT2D eigenvalue weighted by atomic mass is 9.91. The van der Waals surface area contributed by atoms with Gasteiger partial charge in [0, 0.05) is 21.5 Å². The van der Waals surface area contributed by atoms with Crippen molar-refractivity contribution in [2.45, 2.75) is 0 Å². The lowest BCUT2D eigenvalue weighted by Crippen LogP contribution is -2.32. The Kier molecular flexibility index (Phi) is 3.83. The van der Waals surface area contributed by atoms with Crippen LogP contribution in [0.2, 0.25) is 0 Å². The zero-order valence-corrected chi connectivity index (χ0v) is 17.3. The van der Waals surface area contributed by atoms with Gasteiger partial charge in [-0.25, -0.2) is 4.57 Å². The van der Waals surface area contributed by atoms with Gasteiger partial charge in [0.25, 0.3) is 11.1 Å². The van der Waals surface area contributed by atoms with Crippen molar-refractivity contribution >= 4 is 43.5 Å². The summed E-state index contributed by atoms with van der Waals surface area (Å²) < 4.78 is 7.10. The second-order valence-corrected chi connectivity index (χ2v) is 7.83. The number of hydrogen-bond acceptors (Lipinski definition) is 6. The normalized spacial score (nSPS) is 11.1. The predicted octanol–water partition coefficient (Wildman–Crippen LogP) is 4.46. The Hall–Kier alpha value is -5.45. The number of para-hydroxylation sites is 1. The first-order valence-electron chi connectivity index (χ1n) is 10.2. The average Bonchev–Trinajstić information content (AvgIpc) is 2.88. The maximum absolute atomic E-state index is 13.6. The second kappa shape index (κ2) is 6.77. The highest BCUT2D eigenvalue weighted by atomic mass is 16.3. The van der Waals surface area contributed by atoms with Crippen LogP contribution in [0.25, 0.3) is 49.2 Å². The number of pyridine rings is 1. The van der Waals surface area contributed by atoms with Crippen LogP contribution in [0.5, 0.6) is 0 Å². The van der Waals surface area contributed by atoms with Crippen molar-refractivity contribution in [3.8, 4) is 23.9 Å². The van der Waals surface area contributed by atoms with Crippen molar-refractivity contribution in [2.24, 2.45) is 0 Å². The molecule has 0 unspecified atom stereocenters. The number of nitrogens with zero attached hydrogens (tertiary/aromatic N) is 4. The summed E-state index contributed by atoms with van der Waals surface area (Å²) in [5.74, 6) is 0. The second-order valence-electron chi connectivity index (χ2n) is 7.83. The van der Waals surface area contributed by atoms with Gasteiger partial charge in [0.2, 0.25) is 0 Å². The summed E-state index contributed by atoms with van der Waals surface area (Å²) in [5, 5.41) is 31.2. The van der Waals surface area contributed by atoms with Gasteiger partial charge in [-0.05, 0) is 42.5 Å². The fourth-order valence-corrected chi connectivity index (χ4v) is 4.64. The van der Waals surface area contributed by atoms with E-state index in [1.165, 1.54) is 12.1 Å². The molecule has 0 spiro atoms. The number of rotatable bonds is 1. The monoisotopic (exact) mass is 438 g/mol. The number of nitriles is 3. The first-order valence-corrected chi connectivity index (χ1v) is 10.2. The minimum atomic E-state index is -0.570. The quantitative estimate of drug-likeness (QED) is 0.276. The van der Waals surface area contributed by atoms with Gasteiger partial charge in [-0.2, -0.15) is 15.8 Å². The molecule has 0 radical (unpaired) electrons. The number of benzene rings is 4. The fourth-order valence-electron chi connectivity index (χ4n) is 4.64. The van der Waals surface area contributed by atoms with Crippen LogP contribution in [0, 0.1) is 34.0 Å². The van der Waals surface area contributed by atoms with Crippen LogP contribution in [0.15, 0.2) is 74.7 Å². The van der Waals surface area contributed by atoms with E-state index in [2.05, 4.69) is 18.2 Å². The number of aromatic nitrogens is 1. The molecule has 34 heavy (non-hydrogen) atoms. The first kappa shape index (κ1) is 19.3. The van der Waals surface area contributed by atoms with Crippen molar-refractivity contribution in [2.75, 3.05) is 0 Å². The van der Waals surface area contributed by atoms with Crippen molar-refractivity contribution < 1.29 is 4.42 Å². The predicted molar refractivity (Wildman–Crippen MR) is 126 cm³/mol. The molecular weight excluding hydrogens is 428 g/mol. The molecule has 7 heteroatoms. The summed E-state index contributed by atoms with van der Waals surface area (Å²) >= 11 is 0. The van der Waals surface area contributed by atoms with Crippen LogP contribution in [0.3, 0.4) is 0 Å². The Morgan fingerprint density at radius 1 is 0.676 bits per heavy atom. The van der Waals surface area contributed by atoms with Gasteiger partial charge in [0.15, 0.2) is 5.58 Å². The van der Waals surface area contributed by atoms with E-state index in [1.807, 2.05) is 0 Å². The Balaban J connectivity index is 1.99. The van der Waals surface area contributed by atoms with E-state index in [4.69, 9.17) is 4.42 Å². The maximum Gasteiger partial charge on any atom is 0.266 e. The molecule has 156 valence electrons. The van der Waals surface area contributed by atoms with Gasteiger partial charge < -0.3 is 4.42 Å². The molecule has 0 N–H and O–H groups in total. The molecule has 6 rings (SSSR count). The molecule has 0 bridgehead atoms. The molecule has 4 aromatic carbocycles. The SMILES string of the molecule is N#Cc1ccc2oc3c(C#N)cc4c(=O)n(-c5ccccc5)c(=O)c5cc(C#N)c(c2c1)c3c45. The molecule has 0 fully saturated rings. The van der Waals surface area contributed by atoms with E-state index in [-0.39, 0.29) is 27.5 Å². The molecule has 0 aliphatic heterocycles. The van der Waals surface area contributed by atoms with Crippen LogP contribution in [0.4, 0.5) is 0 Å². The van der Waals surface area contributed by atoms with E-state index >= 15 is 0 Å². The molecule has 6 aromatic rings. The molecule has 7 nitrogen and oxygen atoms in total. The highest BCUT2D eigenvalue weighted by molar-refractivity contribution is 6.28. The molecule has 0 aliphatic rings. The molecule has 0 saturated carbocycles. The summed E-state index contributed by atoms with van der Waals surface area (Å²) in [4.78, 5) is 27.1. The fraction of sp³-hybridized carbons (Fsp3) is 0. The van der Waals surface area contributed by atoms with Gasteiger partial charge >= 0.3 is 0 Å². The van der Waals surface area contributed by atoms with Gasteiger partial charge in [0.05, 0.1) is 45.3 Å². The van der Waals surface area contributed by atoms with Crippen LogP contribution < -0.4 is 11.1 Å². The molecular formula is C27H10N4O3. The Morgan fingerprint density at radius 2 is 1.35 bits per heavy atom. The summed E-state index contributed by atoms with van der Waals surface area (Å²) in [6, 6.07) is 22.4.